The summed E-state index contributed by atoms with van der Waals surface area (Å²) in [7, 11) is 0. The highest BCUT2D eigenvalue weighted by molar-refractivity contribution is 5.87. The van der Waals surface area contributed by atoms with E-state index in [1.807, 2.05) is 82.6 Å². The summed E-state index contributed by atoms with van der Waals surface area (Å²) in [5.74, 6) is 1.98. The number of imidazole rings is 2. The predicted octanol–water partition coefficient (Wildman–Crippen LogP) is 6.92. The van der Waals surface area contributed by atoms with E-state index in [-0.39, 0.29) is 23.9 Å². The Morgan fingerprint density at radius 3 is 1.48 bits per heavy atom. The molecule has 8 rings (SSSR count). The number of likely N-dealkylation sites (tertiary alicyclic amines) is 2. The summed E-state index contributed by atoms with van der Waals surface area (Å²) >= 11 is 0. The van der Waals surface area contributed by atoms with Gasteiger partial charge in [0.2, 0.25) is 11.8 Å². The van der Waals surface area contributed by atoms with Crippen molar-refractivity contribution >= 4 is 33.9 Å². The molecule has 0 unspecified atom stereocenters. The minimum absolute atomic E-state index is 0.0402. The van der Waals surface area contributed by atoms with E-state index >= 15 is 0 Å². The molecular weight excluding hydrogens is 572 g/mol. The molecular formula is C38H36N6O2. The zero-order valence-electron chi connectivity index (χ0n) is 25.7. The third kappa shape index (κ3) is 5.44. The van der Waals surface area contributed by atoms with Crippen molar-refractivity contribution in [3.63, 3.8) is 0 Å². The second-order valence-corrected chi connectivity index (χ2v) is 12.5. The second-order valence-electron chi connectivity index (χ2n) is 12.5. The number of rotatable bonds is 7. The molecule has 6 aromatic rings. The second kappa shape index (κ2) is 11.9. The van der Waals surface area contributed by atoms with Crippen LogP contribution in [0.5, 0.6) is 0 Å². The molecule has 2 aliphatic rings. The van der Waals surface area contributed by atoms with Gasteiger partial charge in [0.25, 0.3) is 0 Å². The SMILES string of the molecule is O=C(Cc1ccccc1)N1CCC[C@H]1c1nc2ccc(-c3ccc4nc([C@@H]5CCCN5C(=O)Cc5ccccc5)[nH]c4c3)cc2[nH]1. The molecule has 0 radical (unpaired) electrons. The molecule has 8 nitrogen and oxygen atoms in total. The molecule has 2 aliphatic heterocycles. The van der Waals surface area contributed by atoms with E-state index in [0.717, 1.165) is 94.7 Å². The van der Waals surface area contributed by atoms with Crippen molar-refractivity contribution in [3.8, 4) is 11.1 Å². The summed E-state index contributed by atoms with van der Waals surface area (Å²) in [5.41, 5.74) is 7.92. The minimum Gasteiger partial charge on any atom is -0.340 e. The summed E-state index contributed by atoms with van der Waals surface area (Å²) in [6, 6.07) is 32.3. The number of aromatic nitrogens is 4. The van der Waals surface area contributed by atoms with E-state index in [0.29, 0.717) is 12.8 Å². The van der Waals surface area contributed by atoms with Gasteiger partial charge >= 0.3 is 0 Å². The van der Waals surface area contributed by atoms with Gasteiger partial charge in [-0.2, -0.15) is 0 Å². The average Bonchev–Trinajstić information content (AvgIpc) is 3.90. The fraction of sp³-hybridized carbons (Fsp3) is 0.263. The van der Waals surface area contributed by atoms with Crippen molar-refractivity contribution in [1.82, 2.24) is 29.7 Å². The Morgan fingerprint density at radius 2 is 1.04 bits per heavy atom. The van der Waals surface area contributed by atoms with Gasteiger partial charge in [0.1, 0.15) is 11.6 Å². The molecule has 2 aromatic heterocycles. The van der Waals surface area contributed by atoms with Crippen LogP contribution < -0.4 is 0 Å². The zero-order valence-corrected chi connectivity index (χ0v) is 25.7. The molecule has 2 atom stereocenters. The van der Waals surface area contributed by atoms with Crippen molar-refractivity contribution in [2.45, 2.75) is 50.6 Å². The van der Waals surface area contributed by atoms with Crippen molar-refractivity contribution in [2.24, 2.45) is 0 Å². The third-order valence-corrected chi connectivity index (χ3v) is 9.51. The van der Waals surface area contributed by atoms with E-state index in [4.69, 9.17) is 9.97 Å². The van der Waals surface area contributed by atoms with Gasteiger partial charge in [0.05, 0.1) is 47.0 Å². The third-order valence-electron chi connectivity index (χ3n) is 9.51. The molecule has 2 fully saturated rings. The summed E-state index contributed by atoms with van der Waals surface area (Å²) in [4.78, 5) is 47.3. The van der Waals surface area contributed by atoms with Crippen LogP contribution in [0.3, 0.4) is 0 Å². The molecule has 4 aromatic carbocycles. The van der Waals surface area contributed by atoms with Crippen LogP contribution in [-0.4, -0.2) is 54.6 Å². The Bertz CT molecular complexity index is 1880. The Balaban J connectivity index is 1.01. The number of fused-ring (bicyclic) bond motifs is 2. The highest BCUT2D eigenvalue weighted by atomic mass is 16.2. The standard InChI is InChI=1S/C38H36N6O2/c45-35(21-25-9-3-1-4-10-25)43-19-7-13-33(43)37-39-29-17-15-27(23-31(29)41-37)28-16-18-30-32(24-28)42-38(40-30)34-14-8-20-44(34)36(46)22-26-11-5-2-6-12-26/h1-6,9-12,15-18,23-24,33-34H,7-8,13-14,19-22H2,(H,39,41)(H,40,42)/t33-,34-/m0/s1. The van der Waals surface area contributed by atoms with Gasteiger partial charge in [-0.1, -0.05) is 72.8 Å². The van der Waals surface area contributed by atoms with Crippen LogP contribution in [0.4, 0.5) is 0 Å². The van der Waals surface area contributed by atoms with Gasteiger partial charge in [-0.15, -0.1) is 0 Å². The highest BCUT2D eigenvalue weighted by Gasteiger charge is 2.33. The molecule has 2 saturated heterocycles. The first kappa shape index (κ1) is 28.2. The lowest BCUT2D eigenvalue weighted by Gasteiger charge is -2.23. The number of nitrogens with one attached hydrogen (secondary N) is 2. The fourth-order valence-electron chi connectivity index (χ4n) is 7.18. The van der Waals surface area contributed by atoms with Crippen LogP contribution in [0.2, 0.25) is 0 Å². The number of carbonyl (C=O) groups is 2. The molecule has 0 spiro atoms. The lowest BCUT2D eigenvalue weighted by atomic mass is 10.0. The van der Waals surface area contributed by atoms with Gasteiger partial charge in [-0.05, 0) is 72.2 Å². The first-order valence-electron chi connectivity index (χ1n) is 16.3. The van der Waals surface area contributed by atoms with E-state index < -0.39 is 0 Å². The molecule has 4 heterocycles. The average molecular weight is 609 g/mol. The Labute approximate surface area is 267 Å². The van der Waals surface area contributed by atoms with Crippen molar-refractivity contribution in [1.29, 1.82) is 0 Å². The Kier molecular flexibility index (Phi) is 7.33. The van der Waals surface area contributed by atoms with E-state index in [1.165, 1.54) is 0 Å². The topological polar surface area (TPSA) is 98.0 Å². The summed E-state index contributed by atoms with van der Waals surface area (Å²) in [6.07, 6.45) is 4.56. The maximum atomic E-state index is 13.2. The molecule has 0 aliphatic carbocycles. The molecule has 0 bridgehead atoms. The lowest BCUT2D eigenvalue weighted by molar-refractivity contribution is -0.132. The van der Waals surface area contributed by atoms with Gasteiger partial charge in [0.15, 0.2) is 0 Å². The smallest absolute Gasteiger partial charge is 0.227 e. The monoisotopic (exact) mass is 608 g/mol. The number of amides is 2. The summed E-state index contributed by atoms with van der Waals surface area (Å²) < 4.78 is 0. The minimum atomic E-state index is -0.0402. The Morgan fingerprint density at radius 1 is 0.609 bits per heavy atom. The molecule has 230 valence electrons. The first-order valence-corrected chi connectivity index (χ1v) is 16.3. The number of hydrogen-bond donors (Lipinski definition) is 2. The van der Waals surface area contributed by atoms with Crippen LogP contribution in [0.1, 0.15) is 60.5 Å². The predicted molar refractivity (Wildman–Crippen MR) is 179 cm³/mol. The molecule has 46 heavy (non-hydrogen) atoms. The number of H-pyrrole nitrogens is 2. The molecule has 2 amide bonds. The van der Waals surface area contributed by atoms with Crippen LogP contribution in [0, 0.1) is 0 Å². The van der Waals surface area contributed by atoms with Gasteiger partial charge in [0, 0.05) is 13.1 Å². The van der Waals surface area contributed by atoms with Crippen LogP contribution in [0.25, 0.3) is 33.2 Å². The fourth-order valence-corrected chi connectivity index (χ4v) is 7.18. The lowest BCUT2D eigenvalue weighted by Crippen LogP contribution is -2.32. The number of aromatic amines is 2. The van der Waals surface area contributed by atoms with Gasteiger partial charge in [-0.25, -0.2) is 9.97 Å². The van der Waals surface area contributed by atoms with Crippen molar-refractivity contribution < 1.29 is 9.59 Å². The quantitative estimate of drug-likeness (QED) is 0.206. The largest absolute Gasteiger partial charge is 0.340 e. The van der Waals surface area contributed by atoms with Crippen LogP contribution in [-0.2, 0) is 22.4 Å². The van der Waals surface area contributed by atoms with E-state index in [9.17, 15) is 9.59 Å². The van der Waals surface area contributed by atoms with Crippen LogP contribution in [0.15, 0.2) is 97.1 Å². The maximum Gasteiger partial charge on any atom is 0.227 e. The van der Waals surface area contributed by atoms with Gasteiger partial charge in [-0.3, -0.25) is 9.59 Å². The zero-order chi connectivity index (χ0) is 31.0. The number of nitrogens with zero attached hydrogens (tertiary/aromatic N) is 4. The summed E-state index contributed by atoms with van der Waals surface area (Å²) in [6.45, 7) is 1.51. The van der Waals surface area contributed by atoms with Crippen LogP contribution >= 0.6 is 0 Å². The van der Waals surface area contributed by atoms with Crippen molar-refractivity contribution in [2.75, 3.05) is 13.1 Å². The number of carbonyl (C=O) groups excluding carboxylic acids is 2. The molecule has 8 heteroatoms. The van der Waals surface area contributed by atoms with E-state index in [1.54, 1.807) is 0 Å². The van der Waals surface area contributed by atoms with Crippen molar-refractivity contribution in [3.05, 3.63) is 120 Å². The van der Waals surface area contributed by atoms with E-state index in [2.05, 4.69) is 34.2 Å². The number of benzene rings is 4. The van der Waals surface area contributed by atoms with Gasteiger partial charge < -0.3 is 19.8 Å². The molecule has 0 saturated carbocycles. The normalized spacial score (nSPS) is 18.2. The highest BCUT2D eigenvalue weighted by Crippen LogP contribution is 2.35. The first-order chi connectivity index (χ1) is 22.6. The Hall–Kier alpha value is -5.24. The number of hydrogen-bond acceptors (Lipinski definition) is 4. The summed E-state index contributed by atoms with van der Waals surface area (Å²) in [5, 5.41) is 0. The maximum absolute atomic E-state index is 13.2. The molecule has 2 N–H and O–H groups in total.